The van der Waals surface area contributed by atoms with Gasteiger partial charge in [-0.05, 0) is 25.2 Å². The molecule has 0 atom stereocenters. The van der Waals surface area contributed by atoms with Crippen molar-refractivity contribution in [3.63, 3.8) is 0 Å². The molecule has 0 saturated heterocycles. The summed E-state index contributed by atoms with van der Waals surface area (Å²) in [7, 11) is 0. The molecule has 0 aromatic heterocycles. The van der Waals surface area contributed by atoms with Crippen molar-refractivity contribution in [2.75, 3.05) is 12.8 Å². The number of hydrogen-bond donors (Lipinski definition) is 1. The molecule has 0 bridgehead atoms. The van der Waals surface area contributed by atoms with E-state index in [1.165, 1.54) is 6.26 Å². The third kappa shape index (κ3) is 2.50. The second-order valence-corrected chi connectivity index (χ2v) is 5.93. The van der Waals surface area contributed by atoms with Gasteiger partial charge in [0.1, 0.15) is 5.82 Å². The molecule has 106 valence electrons. The number of rotatable bonds is 3. The fourth-order valence-corrected chi connectivity index (χ4v) is 3.49. The van der Waals surface area contributed by atoms with E-state index < -0.39 is 22.9 Å². The highest BCUT2D eigenvalue weighted by molar-refractivity contribution is 7.98. The molecule has 2 rings (SSSR count). The Kier molecular flexibility index (Phi) is 4.46. The van der Waals surface area contributed by atoms with Gasteiger partial charge in [0, 0.05) is 17.5 Å². The van der Waals surface area contributed by atoms with Gasteiger partial charge in [0.25, 0.3) is 0 Å². The first kappa shape index (κ1) is 14.7. The average molecular weight is 289 g/mol. The Morgan fingerprint density at radius 1 is 1.16 bits per heavy atom. The fourth-order valence-electron chi connectivity index (χ4n) is 2.96. The zero-order chi connectivity index (χ0) is 14.0. The minimum absolute atomic E-state index is 0.113. The van der Waals surface area contributed by atoms with Crippen molar-refractivity contribution < 1.29 is 13.2 Å². The van der Waals surface area contributed by atoms with Gasteiger partial charge in [-0.1, -0.05) is 19.3 Å². The molecular formula is C14H18F3NS. The Labute approximate surface area is 115 Å². The van der Waals surface area contributed by atoms with Crippen LogP contribution in [0, 0.1) is 17.5 Å². The lowest BCUT2D eigenvalue weighted by molar-refractivity contribution is 0.285. The van der Waals surface area contributed by atoms with Crippen molar-refractivity contribution in [3.8, 4) is 0 Å². The molecule has 0 spiro atoms. The first-order chi connectivity index (χ1) is 9.05. The van der Waals surface area contributed by atoms with Gasteiger partial charge in [0.05, 0.1) is 4.90 Å². The summed E-state index contributed by atoms with van der Waals surface area (Å²) in [5.41, 5.74) is 5.30. The summed E-state index contributed by atoms with van der Waals surface area (Å²) >= 11 is 0.877. The van der Waals surface area contributed by atoms with Crippen molar-refractivity contribution >= 4 is 11.8 Å². The van der Waals surface area contributed by atoms with Crippen molar-refractivity contribution in [3.05, 3.63) is 29.1 Å². The molecule has 1 aliphatic rings. The molecule has 5 heteroatoms. The third-order valence-corrected chi connectivity index (χ3v) is 4.88. The van der Waals surface area contributed by atoms with Gasteiger partial charge in [-0.25, -0.2) is 13.2 Å². The maximum absolute atomic E-state index is 14.2. The fraction of sp³-hybridized carbons (Fsp3) is 0.571. The molecule has 2 N–H and O–H groups in total. The van der Waals surface area contributed by atoms with Crippen LogP contribution in [0.3, 0.4) is 0 Å². The van der Waals surface area contributed by atoms with Gasteiger partial charge < -0.3 is 5.73 Å². The molecular weight excluding hydrogens is 271 g/mol. The Bertz CT molecular complexity index is 470. The van der Waals surface area contributed by atoms with Crippen LogP contribution in [-0.2, 0) is 5.41 Å². The first-order valence-corrected chi connectivity index (χ1v) is 7.70. The highest BCUT2D eigenvalue weighted by Gasteiger charge is 2.37. The first-order valence-electron chi connectivity index (χ1n) is 6.48. The Balaban J connectivity index is 2.55. The van der Waals surface area contributed by atoms with E-state index in [1.54, 1.807) is 0 Å². The minimum atomic E-state index is -1.08. The highest BCUT2D eigenvalue weighted by Crippen LogP contribution is 2.42. The van der Waals surface area contributed by atoms with Crippen molar-refractivity contribution in [2.24, 2.45) is 5.73 Å². The van der Waals surface area contributed by atoms with Gasteiger partial charge in [-0.15, -0.1) is 11.8 Å². The molecule has 19 heavy (non-hydrogen) atoms. The summed E-state index contributed by atoms with van der Waals surface area (Å²) < 4.78 is 42.0. The van der Waals surface area contributed by atoms with Gasteiger partial charge in [0.15, 0.2) is 11.6 Å². The smallest absolute Gasteiger partial charge is 0.175 e. The summed E-state index contributed by atoms with van der Waals surface area (Å²) in [5.74, 6) is -2.71. The minimum Gasteiger partial charge on any atom is -0.330 e. The van der Waals surface area contributed by atoms with E-state index in [0.717, 1.165) is 37.1 Å². The maximum Gasteiger partial charge on any atom is 0.175 e. The van der Waals surface area contributed by atoms with Crippen LogP contribution in [-0.4, -0.2) is 12.8 Å². The summed E-state index contributed by atoms with van der Waals surface area (Å²) in [6.45, 7) is 0.224. The van der Waals surface area contributed by atoms with Crippen LogP contribution in [0.4, 0.5) is 13.2 Å². The number of nitrogens with two attached hydrogens (primary N) is 1. The third-order valence-electron chi connectivity index (χ3n) is 4.09. The van der Waals surface area contributed by atoms with Crippen LogP contribution < -0.4 is 5.73 Å². The van der Waals surface area contributed by atoms with E-state index in [9.17, 15) is 13.2 Å². The number of halogens is 3. The quantitative estimate of drug-likeness (QED) is 0.672. The number of benzene rings is 1. The molecule has 1 aromatic carbocycles. The molecule has 1 nitrogen and oxygen atoms in total. The van der Waals surface area contributed by atoms with Crippen LogP contribution in [0.1, 0.15) is 37.7 Å². The van der Waals surface area contributed by atoms with Gasteiger partial charge >= 0.3 is 0 Å². The van der Waals surface area contributed by atoms with Crippen LogP contribution in [0.25, 0.3) is 0 Å². The standard InChI is InChI=1S/C14H18F3NS/c1-19-13-10(15)7-9(11(16)12(13)17)14(8-18)5-3-2-4-6-14/h7H,2-6,8,18H2,1H3. The summed E-state index contributed by atoms with van der Waals surface area (Å²) in [6.07, 6.45) is 5.82. The summed E-state index contributed by atoms with van der Waals surface area (Å²) in [5, 5.41) is 0. The Morgan fingerprint density at radius 3 is 2.32 bits per heavy atom. The predicted molar refractivity (Wildman–Crippen MR) is 71.9 cm³/mol. The molecule has 0 unspecified atom stereocenters. The van der Waals surface area contributed by atoms with Crippen molar-refractivity contribution in [1.29, 1.82) is 0 Å². The van der Waals surface area contributed by atoms with Crippen LogP contribution in [0.5, 0.6) is 0 Å². The maximum atomic E-state index is 14.2. The Hall–Kier alpha value is -0.680. The second-order valence-electron chi connectivity index (χ2n) is 5.11. The Morgan fingerprint density at radius 2 is 1.79 bits per heavy atom. The topological polar surface area (TPSA) is 26.0 Å². The lowest BCUT2D eigenvalue weighted by Crippen LogP contribution is -2.38. The van der Waals surface area contributed by atoms with E-state index in [4.69, 9.17) is 5.73 Å². The van der Waals surface area contributed by atoms with E-state index in [0.29, 0.717) is 12.8 Å². The van der Waals surface area contributed by atoms with E-state index in [1.807, 2.05) is 0 Å². The van der Waals surface area contributed by atoms with Crippen molar-refractivity contribution in [1.82, 2.24) is 0 Å². The zero-order valence-electron chi connectivity index (χ0n) is 10.9. The van der Waals surface area contributed by atoms with Gasteiger partial charge in [-0.3, -0.25) is 0 Å². The van der Waals surface area contributed by atoms with E-state index >= 15 is 0 Å². The lowest BCUT2D eigenvalue weighted by Gasteiger charge is -2.37. The van der Waals surface area contributed by atoms with E-state index in [2.05, 4.69) is 0 Å². The van der Waals surface area contributed by atoms with Crippen molar-refractivity contribution in [2.45, 2.75) is 42.4 Å². The monoisotopic (exact) mass is 289 g/mol. The molecule has 0 heterocycles. The van der Waals surface area contributed by atoms with Crippen LogP contribution in [0.2, 0.25) is 0 Å². The lowest BCUT2D eigenvalue weighted by atomic mass is 9.69. The summed E-state index contributed by atoms with van der Waals surface area (Å²) in [6, 6.07) is 1.14. The zero-order valence-corrected chi connectivity index (χ0v) is 11.8. The summed E-state index contributed by atoms with van der Waals surface area (Å²) in [4.78, 5) is -0.260. The van der Waals surface area contributed by atoms with E-state index in [-0.39, 0.29) is 17.0 Å². The normalized spacial score (nSPS) is 18.6. The molecule has 0 amide bonds. The molecule has 0 radical (unpaired) electrons. The number of hydrogen-bond acceptors (Lipinski definition) is 2. The SMILES string of the molecule is CSc1c(F)cc(C2(CN)CCCCC2)c(F)c1F. The van der Waals surface area contributed by atoms with Gasteiger partial charge in [0.2, 0.25) is 0 Å². The van der Waals surface area contributed by atoms with Crippen LogP contribution in [0.15, 0.2) is 11.0 Å². The van der Waals surface area contributed by atoms with Crippen LogP contribution >= 0.6 is 11.8 Å². The molecule has 0 aliphatic heterocycles. The second kappa shape index (κ2) is 5.75. The molecule has 1 saturated carbocycles. The average Bonchev–Trinajstić information content (AvgIpc) is 2.44. The molecule has 1 fully saturated rings. The molecule has 1 aliphatic carbocycles. The molecule has 1 aromatic rings. The van der Waals surface area contributed by atoms with Gasteiger partial charge in [-0.2, -0.15) is 0 Å². The number of thioether (sulfide) groups is 1. The largest absolute Gasteiger partial charge is 0.330 e. The predicted octanol–water partition coefficient (Wildman–Crippen LogP) is 3.99. The highest BCUT2D eigenvalue weighted by atomic mass is 32.2.